The summed E-state index contributed by atoms with van der Waals surface area (Å²) >= 11 is 6.03. The smallest absolute Gasteiger partial charge is 0.224 e. The van der Waals surface area contributed by atoms with E-state index >= 15 is 0 Å². The van der Waals surface area contributed by atoms with Crippen LogP contribution < -0.4 is 5.32 Å². The molecule has 2 rings (SSSR count). The van der Waals surface area contributed by atoms with Crippen molar-refractivity contribution in [3.63, 3.8) is 0 Å². The number of nitrogens with zero attached hydrogens (tertiary/aromatic N) is 1. The average Bonchev–Trinajstić information content (AvgIpc) is 2.98. The molecular formula is C16H19ClN2O4S. The summed E-state index contributed by atoms with van der Waals surface area (Å²) in [6, 6.07) is 8.15. The second-order valence-electron chi connectivity index (χ2n) is 5.77. The first-order valence-electron chi connectivity index (χ1n) is 7.53. The highest BCUT2D eigenvalue weighted by Crippen LogP contribution is 2.39. The van der Waals surface area contributed by atoms with Crippen LogP contribution in [0.4, 0.5) is 0 Å². The zero-order chi connectivity index (χ0) is 17.7. The van der Waals surface area contributed by atoms with Gasteiger partial charge in [-0.2, -0.15) is 5.26 Å². The first kappa shape index (κ1) is 18.7. The van der Waals surface area contributed by atoms with E-state index in [1.165, 1.54) is 19.2 Å². The molecule has 8 heteroatoms. The maximum atomic E-state index is 12.9. The average molecular weight is 371 g/mol. The molecule has 0 bridgehead atoms. The Labute approximate surface area is 146 Å². The van der Waals surface area contributed by atoms with Gasteiger partial charge in [-0.05, 0) is 30.9 Å². The van der Waals surface area contributed by atoms with E-state index in [-0.39, 0.29) is 34.7 Å². The fourth-order valence-corrected chi connectivity index (χ4v) is 5.55. The van der Waals surface area contributed by atoms with Crippen LogP contribution in [0.25, 0.3) is 0 Å². The van der Waals surface area contributed by atoms with E-state index in [1.54, 1.807) is 12.1 Å². The molecule has 0 radical (unpaired) electrons. The van der Waals surface area contributed by atoms with Crippen molar-refractivity contribution in [2.75, 3.05) is 20.3 Å². The number of benzene rings is 1. The van der Waals surface area contributed by atoms with Gasteiger partial charge in [0.1, 0.15) is 6.54 Å². The van der Waals surface area contributed by atoms with E-state index < -0.39 is 21.0 Å². The number of nitriles is 1. The number of hydrogen-bond acceptors (Lipinski definition) is 5. The Morgan fingerprint density at radius 3 is 2.75 bits per heavy atom. The molecule has 1 amide bonds. The van der Waals surface area contributed by atoms with E-state index in [1.807, 2.05) is 6.07 Å². The number of sulfone groups is 1. The highest BCUT2D eigenvalue weighted by Gasteiger charge is 2.44. The fourth-order valence-electron chi connectivity index (χ4n) is 3.16. The molecule has 130 valence electrons. The molecule has 1 aliphatic carbocycles. The van der Waals surface area contributed by atoms with Crippen molar-refractivity contribution in [3.8, 4) is 6.07 Å². The number of carbonyl (C=O) groups is 1. The van der Waals surface area contributed by atoms with Crippen LogP contribution in [0.3, 0.4) is 0 Å². The van der Waals surface area contributed by atoms with E-state index in [9.17, 15) is 13.2 Å². The van der Waals surface area contributed by atoms with Crippen molar-refractivity contribution in [1.82, 2.24) is 5.32 Å². The number of rotatable bonds is 6. The summed E-state index contributed by atoms with van der Waals surface area (Å²) in [5.74, 6) is -1.02. The lowest BCUT2D eigenvalue weighted by Gasteiger charge is -2.16. The van der Waals surface area contributed by atoms with Crippen LogP contribution in [0.2, 0.25) is 5.02 Å². The van der Waals surface area contributed by atoms with Gasteiger partial charge in [-0.1, -0.05) is 23.7 Å². The zero-order valence-electron chi connectivity index (χ0n) is 13.2. The molecule has 1 aromatic rings. The molecule has 24 heavy (non-hydrogen) atoms. The van der Waals surface area contributed by atoms with Crippen LogP contribution in [-0.4, -0.2) is 39.8 Å². The molecule has 0 unspecified atom stereocenters. The van der Waals surface area contributed by atoms with Crippen molar-refractivity contribution in [2.45, 2.75) is 23.0 Å². The molecule has 1 aromatic carbocycles. The van der Waals surface area contributed by atoms with Crippen molar-refractivity contribution >= 4 is 27.3 Å². The minimum Gasteiger partial charge on any atom is -0.384 e. The molecule has 0 heterocycles. The third kappa shape index (κ3) is 3.89. The molecule has 0 aromatic heterocycles. The minimum absolute atomic E-state index is 0.0888. The van der Waals surface area contributed by atoms with Crippen molar-refractivity contribution < 1.29 is 17.9 Å². The molecule has 0 aliphatic heterocycles. The number of ether oxygens (including phenoxy) is 1. The van der Waals surface area contributed by atoms with Crippen LogP contribution >= 0.6 is 11.6 Å². The van der Waals surface area contributed by atoms with E-state index in [0.29, 0.717) is 13.0 Å². The van der Waals surface area contributed by atoms with E-state index in [0.717, 1.165) is 0 Å². The highest BCUT2D eigenvalue weighted by molar-refractivity contribution is 7.92. The van der Waals surface area contributed by atoms with Crippen LogP contribution in [0.1, 0.15) is 12.8 Å². The Morgan fingerprint density at radius 2 is 2.12 bits per heavy atom. The number of halogens is 1. The van der Waals surface area contributed by atoms with E-state index in [4.69, 9.17) is 21.6 Å². The topological polar surface area (TPSA) is 96.3 Å². The summed E-state index contributed by atoms with van der Waals surface area (Å²) in [7, 11) is -2.13. The lowest BCUT2D eigenvalue weighted by atomic mass is 9.96. The fraction of sp³-hybridized carbons (Fsp3) is 0.500. The minimum atomic E-state index is -3.64. The predicted octanol–water partition coefficient (Wildman–Crippen LogP) is 1.79. The van der Waals surface area contributed by atoms with Gasteiger partial charge >= 0.3 is 0 Å². The molecule has 1 saturated carbocycles. The van der Waals surface area contributed by atoms with Crippen molar-refractivity contribution in [1.29, 1.82) is 5.26 Å². The van der Waals surface area contributed by atoms with Crippen molar-refractivity contribution in [2.24, 2.45) is 11.8 Å². The van der Waals surface area contributed by atoms with Crippen LogP contribution in [0.15, 0.2) is 29.2 Å². The summed E-state index contributed by atoms with van der Waals surface area (Å²) in [4.78, 5) is 12.3. The highest BCUT2D eigenvalue weighted by atomic mass is 35.5. The quantitative estimate of drug-likeness (QED) is 0.770. The third-order valence-corrected chi connectivity index (χ3v) is 6.97. The Hall–Kier alpha value is -1.62. The number of hydrogen-bond donors (Lipinski definition) is 1. The Bertz CT molecular complexity index is 745. The molecule has 0 saturated heterocycles. The van der Waals surface area contributed by atoms with Crippen LogP contribution in [0, 0.1) is 23.2 Å². The normalized spacial score (nSPS) is 23.6. The summed E-state index contributed by atoms with van der Waals surface area (Å²) in [5, 5.41) is 10.6. The Balaban J connectivity index is 2.25. The molecule has 3 atom stereocenters. The molecule has 1 fully saturated rings. The molecule has 6 nitrogen and oxygen atoms in total. The summed E-state index contributed by atoms with van der Waals surface area (Å²) in [6.45, 7) is 0.191. The summed E-state index contributed by atoms with van der Waals surface area (Å²) in [6.07, 6.45) is 0.519. The second-order valence-corrected chi connectivity index (χ2v) is 8.37. The number of nitrogens with one attached hydrogen (secondary N) is 1. The number of amides is 1. The van der Waals surface area contributed by atoms with Gasteiger partial charge in [0.05, 0.1) is 21.2 Å². The van der Waals surface area contributed by atoms with Gasteiger partial charge in [-0.25, -0.2) is 8.42 Å². The SMILES string of the molecule is COC[C@@H]1C[C@H](S(=O)(=O)c2ccccc2Cl)C[C@H]1C(=O)NCC#N. The lowest BCUT2D eigenvalue weighted by Crippen LogP contribution is -2.34. The third-order valence-electron chi connectivity index (χ3n) is 4.29. The van der Waals surface area contributed by atoms with Crippen LogP contribution in [-0.2, 0) is 19.4 Å². The monoisotopic (exact) mass is 370 g/mol. The molecule has 0 spiro atoms. The van der Waals surface area contributed by atoms with Gasteiger partial charge in [0.25, 0.3) is 0 Å². The predicted molar refractivity (Wildman–Crippen MR) is 89.1 cm³/mol. The van der Waals surface area contributed by atoms with E-state index in [2.05, 4.69) is 5.32 Å². The molecular weight excluding hydrogens is 352 g/mol. The van der Waals surface area contributed by atoms with Gasteiger partial charge in [0.2, 0.25) is 5.91 Å². The Kier molecular flexibility index (Phi) is 6.21. The lowest BCUT2D eigenvalue weighted by molar-refractivity contribution is -0.126. The maximum Gasteiger partial charge on any atom is 0.224 e. The zero-order valence-corrected chi connectivity index (χ0v) is 14.8. The summed E-state index contributed by atoms with van der Waals surface area (Å²) in [5.41, 5.74) is 0. The van der Waals surface area contributed by atoms with Gasteiger partial charge < -0.3 is 10.1 Å². The first-order chi connectivity index (χ1) is 11.4. The molecule has 1 aliphatic rings. The number of carbonyl (C=O) groups excluding carboxylic acids is 1. The standard InChI is InChI=1S/C16H19ClN2O4S/c1-23-10-11-8-12(9-13(11)16(20)19-7-6-18)24(21,22)15-5-3-2-4-14(15)17/h2-5,11-13H,7-10H2,1H3,(H,19,20)/t11-,12-,13+/m0/s1. The number of methoxy groups -OCH3 is 1. The first-order valence-corrected chi connectivity index (χ1v) is 9.46. The Morgan fingerprint density at radius 1 is 1.42 bits per heavy atom. The van der Waals surface area contributed by atoms with Gasteiger partial charge in [0, 0.05) is 19.6 Å². The van der Waals surface area contributed by atoms with Gasteiger partial charge in [-0.15, -0.1) is 0 Å². The largest absolute Gasteiger partial charge is 0.384 e. The summed E-state index contributed by atoms with van der Waals surface area (Å²) < 4.78 is 30.9. The molecule has 1 N–H and O–H groups in total. The maximum absolute atomic E-state index is 12.9. The van der Waals surface area contributed by atoms with Crippen LogP contribution in [0.5, 0.6) is 0 Å². The van der Waals surface area contributed by atoms with Crippen molar-refractivity contribution in [3.05, 3.63) is 29.3 Å². The van der Waals surface area contributed by atoms with Gasteiger partial charge in [-0.3, -0.25) is 4.79 Å². The second kappa shape index (κ2) is 7.97. The van der Waals surface area contributed by atoms with Gasteiger partial charge in [0.15, 0.2) is 9.84 Å².